The van der Waals surface area contributed by atoms with E-state index in [0.717, 1.165) is 18.7 Å². The van der Waals surface area contributed by atoms with Crippen LogP contribution in [0, 0.1) is 0 Å². The molecule has 0 radical (unpaired) electrons. The third-order valence-electron chi connectivity index (χ3n) is 3.72. The van der Waals surface area contributed by atoms with Crippen LogP contribution in [-0.2, 0) is 0 Å². The molecule has 1 aliphatic heterocycles. The Balaban J connectivity index is 1.70. The molecule has 110 valence electrons. The summed E-state index contributed by atoms with van der Waals surface area (Å²) in [4.78, 5) is 10.5. The van der Waals surface area contributed by atoms with E-state index in [2.05, 4.69) is 9.97 Å². The van der Waals surface area contributed by atoms with E-state index < -0.39 is 5.60 Å². The second kappa shape index (κ2) is 5.69. The topological polar surface area (TPSA) is 58.5 Å². The lowest BCUT2D eigenvalue weighted by Crippen LogP contribution is -2.57. The van der Waals surface area contributed by atoms with Crippen molar-refractivity contribution in [3.8, 4) is 5.75 Å². The van der Waals surface area contributed by atoms with Gasteiger partial charge in [-0.05, 0) is 25.1 Å². The molecule has 0 aliphatic carbocycles. The van der Waals surface area contributed by atoms with Crippen LogP contribution in [0.25, 0.3) is 0 Å². The molecule has 1 fully saturated rings. The van der Waals surface area contributed by atoms with Gasteiger partial charge in [0.1, 0.15) is 17.5 Å². The van der Waals surface area contributed by atoms with Crippen molar-refractivity contribution in [1.82, 2.24) is 9.97 Å². The number of rotatable bonds is 3. The second-order valence-electron chi connectivity index (χ2n) is 5.54. The molecule has 21 heavy (non-hydrogen) atoms. The van der Waals surface area contributed by atoms with Crippen molar-refractivity contribution in [2.24, 2.45) is 0 Å². The van der Waals surface area contributed by atoms with Crippen LogP contribution >= 0.6 is 0 Å². The fourth-order valence-corrected chi connectivity index (χ4v) is 2.63. The lowest BCUT2D eigenvalue weighted by molar-refractivity contribution is -0.0562. The average Bonchev–Trinajstić information content (AvgIpc) is 2.51. The van der Waals surface area contributed by atoms with Crippen LogP contribution in [0.1, 0.15) is 13.3 Å². The molecule has 1 aliphatic rings. The number of anilines is 1. The highest BCUT2D eigenvalue weighted by Gasteiger charge is 2.40. The van der Waals surface area contributed by atoms with E-state index in [-0.39, 0.29) is 6.10 Å². The number of benzene rings is 1. The Kier molecular flexibility index (Phi) is 3.75. The van der Waals surface area contributed by atoms with Gasteiger partial charge in [-0.25, -0.2) is 9.97 Å². The van der Waals surface area contributed by atoms with Gasteiger partial charge in [-0.15, -0.1) is 0 Å². The van der Waals surface area contributed by atoms with Gasteiger partial charge in [-0.2, -0.15) is 0 Å². The standard InChI is InChI=1S/C16H19N3O2/c1-16(20)12-19(15-17-9-5-10-18-15)11-8-14(16)21-13-6-3-2-4-7-13/h2-7,9-10,14,20H,8,11-12H2,1H3/t14-,16-/m0/s1. The van der Waals surface area contributed by atoms with E-state index in [9.17, 15) is 5.11 Å². The summed E-state index contributed by atoms with van der Waals surface area (Å²) in [5, 5.41) is 10.7. The minimum Gasteiger partial charge on any atom is -0.487 e. The fraction of sp³-hybridized carbons (Fsp3) is 0.375. The van der Waals surface area contributed by atoms with Crippen molar-refractivity contribution < 1.29 is 9.84 Å². The summed E-state index contributed by atoms with van der Waals surface area (Å²) in [5.41, 5.74) is -0.951. The molecule has 1 saturated heterocycles. The number of para-hydroxylation sites is 1. The first kappa shape index (κ1) is 13.8. The fourth-order valence-electron chi connectivity index (χ4n) is 2.63. The zero-order valence-corrected chi connectivity index (χ0v) is 12.0. The number of nitrogens with zero attached hydrogens (tertiary/aromatic N) is 3. The first-order valence-electron chi connectivity index (χ1n) is 7.11. The maximum atomic E-state index is 10.7. The van der Waals surface area contributed by atoms with Gasteiger partial charge < -0.3 is 14.7 Å². The normalized spacial score (nSPS) is 25.6. The van der Waals surface area contributed by atoms with Crippen LogP contribution in [-0.4, -0.2) is 39.9 Å². The Bertz CT molecular complexity index is 575. The van der Waals surface area contributed by atoms with Crippen LogP contribution < -0.4 is 9.64 Å². The molecule has 2 atom stereocenters. The predicted octanol–water partition coefficient (Wildman–Crippen LogP) is 1.89. The average molecular weight is 285 g/mol. The first-order valence-corrected chi connectivity index (χ1v) is 7.11. The Morgan fingerprint density at radius 1 is 1.19 bits per heavy atom. The van der Waals surface area contributed by atoms with Gasteiger partial charge in [0.05, 0.1) is 6.54 Å². The summed E-state index contributed by atoms with van der Waals surface area (Å²) in [6.45, 7) is 3.02. The SMILES string of the molecule is C[C@]1(O)CN(c2ncccn2)CC[C@@H]1Oc1ccccc1. The molecule has 2 heterocycles. The van der Waals surface area contributed by atoms with Gasteiger partial charge in [-0.3, -0.25) is 0 Å². The molecule has 5 heteroatoms. The molecular formula is C16H19N3O2. The quantitative estimate of drug-likeness (QED) is 0.933. The summed E-state index contributed by atoms with van der Waals surface area (Å²) in [7, 11) is 0. The number of hydrogen-bond acceptors (Lipinski definition) is 5. The Morgan fingerprint density at radius 2 is 1.90 bits per heavy atom. The van der Waals surface area contributed by atoms with E-state index in [0.29, 0.717) is 12.5 Å². The summed E-state index contributed by atoms with van der Waals surface area (Å²) < 4.78 is 5.94. The van der Waals surface area contributed by atoms with E-state index in [1.165, 1.54) is 0 Å². The molecule has 1 N–H and O–H groups in total. The van der Waals surface area contributed by atoms with Gasteiger partial charge >= 0.3 is 0 Å². The summed E-state index contributed by atoms with van der Waals surface area (Å²) in [5.74, 6) is 1.43. The van der Waals surface area contributed by atoms with Crippen LogP contribution in [0.2, 0.25) is 0 Å². The molecule has 0 bridgehead atoms. The monoisotopic (exact) mass is 285 g/mol. The number of aliphatic hydroxyl groups is 1. The highest BCUT2D eigenvalue weighted by Crippen LogP contribution is 2.27. The Hall–Kier alpha value is -2.14. The molecule has 0 saturated carbocycles. The number of piperidine rings is 1. The third kappa shape index (κ3) is 3.13. The van der Waals surface area contributed by atoms with Gasteiger partial charge in [0.2, 0.25) is 5.95 Å². The van der Waals surface area contributed by atoms with Crippen molar-refractivity contribution in [2.45, 2.75) is 25.0 Å². The van der Waals surface area contributed by atoms with E-state index in [1.54, 1.807) is 25.4 Å². The van der Waals surface area contributed by atoms with E-state index in [1.807, 2.05) is 35.2 Å². The highest BCUT2D eigenvalue weighted by atomic mass is 16.5. The molecule has 2 aromatic rings. The lowest BCUT2D eigenvalue weighted by atomic mass is 9.91. The Morgan fingerprint density at radius 3 is 2.57 bits per heavy atom. The van der Waals surface area contributed by atoms with Crippen LogP contribution in [0.4, 0.5) is 5.95 Å². The Labute approximate surface area is 124 Å². The van der Waals surface area contributed by atoms with Crippen molar-refractivity contribution >= 4 is 5.95 Å². The van der Waals surface area contributed by atoms with Crippen LogP contribution in [0.15, 0.2) is 48.8 Å². The number of hydrogen-bond donors (Lipinski definition) is 1. The smallest absolute Gasteiger partial charge is 0.225 e. The molecule has 0 spiro atoms. The van der Waals surface area contributed by atoms with E-state index >= 15 is 0 Å². The molecule has 1 aromatic heterocycles. The maximum Gasteiger partial charge on any atom is 0.225 e. The molecule has 1 aromatic carbocycles. The lowest BCUT2D eigenvalue weighted by Gasteiger charge is -2.42. The maximum absolute atomic E-state index is 10.7. The van der Waals surface area contributed by atoms with E-state index in [4.69, 9.17) is 4.74 Å². The first-order chi connectivity index (χ1) is 10.1. The van der Waals surface area contributed by atoms with Gasteiger partial charge in [0, 0.05) is 25.4 Å². The minimum atomic E-state index is -0.951. The molecule has 5 nitrogen and oxygen atoms in total. The van der Waals surface area contributed by atoms with Crippen molar-refractivity contribution in [3.05, 3.63) is 48.8 Å². The zero-order valence-electron chi connectivity index (χ0n) is 12.0. The molecular weight excluding hydrogens is 266 g/mol. The van der Waals surface area contributed by atoms with Crippen molar-refractivity contribution in [2.75, 3.05) is 18.0 Å². The van der Waals surface area contributed by atoms with Gasteiger partial charge in [0.25, 0.3) is 0 Å². The summed E-state index contributed by atoms with van der Waals surface area (Å²) >= 11 is 0. The van der Waals surface area contributed by atoms with Crippen molar-refractivity contribution in [1.29, 1.82) is 0 Å². The zero-order chi connectivity index (χ0) is 14.7. The molecule has 0 unspecified atom stereocenters. The molecule has 0 amide bonds. The number of aromatic nitrogens is 2. The van der Waals surface area contributed by atoms with Crippen molar-refractivity contribution in [3.63, 3.8) is 0 Å². The summed E-state index contributed by atoms with van der Waals surface area (Å²) in [6, 6.07) is 11.4. The number of ether oxygens (including phenoxy) is 1. The summed E-state index contributed by atoms with van der Waals surface area (Å²) in [6.07, 6.45) is 3.91. The van der Waals surface area contributed by atoms with Crippen LogP contribution in [0.5, 0.6) is 5.75 Å². The number of β-amino-alcohol motifs (C(OH)–C–C–N with tert-alkyl or cyclic N) is 1. The minimum absolute atomic E-state index is 0.236. The van der Waals surface area contributed by atoms with Gasteiger partial charge in [-0.1, -0.05) is 18.2 Å². The van der Waals surface area contributed by atoms with Crippen LogP contribution in [0.3, 0.4) is 0 Å². The molecule has 3 rings (SSSR count). The predicted molar refractivity (Wildman–Crippen MR) is 80.3 cm³/mol. The largest absolute Gasteiger partial charge is 0.487 e. The second-order valence-corrected chi connectivity index (χ2v) is 5.54. The van der Waals surface area contributed by atoms with Gasteiger partial charge in [0.15, 0.2) is 0 Å². The highest BCUT2D eigenvalue weighted by molar-refractivity contribution is 5.31. The third-order valence-corrected chi connectivity index (χ3v) is 3.72.